The van der Waals surface area contributed by atoms with Crippen molar-refractivity contribution < 1.29 is 9.47 Å². The van der Waals surface area contributed by atoms with Crippen molar-refractivity contribution in [3.63, 3.8) is 0 Å². The zero-order chi connectivity index (χ0) is 16.4. The average Bonchev–Trinajstić information content (AvgIpc) is 3.01. The zero-order valence-corrected chi connectivity index (χ0v) is 13.8. The van der Waals surface area contributed by atoms with E-state index >= 15 is 0 Å². The van der Waals surface area contributed by atoms with Crippen LogP contribution in [0.25, 0.3) is 22.3 Å². The first kappa shape index (κ1) is 15.2. The molecule has 5 heteroatoms. The molecule has 0 aliphatic carbocycles. The van der Waals surface area contributed by atoms with Gasteiger partial charge in [0.2, 0.25) is 0 Å². The van der Waals surface area contributed by atoms with Gasteiger partial charge in [-0.1, -0.05) is 0 Å². The molecule has 0 unspecified atom stereocenters. The summed E-state index contributed by atoms with van der Waals surface area (Å²) in [6.07, 6.45) is 1.83. The normalized spacial score (nSPS) is 15.7. The molecular formula is C19H21N3O2. The Morgan fingerprint density at radius 3 is 2.71 bits per heavy atom. The van der Waals surface area contributed by atoms with Gasteiger partial charge in [-0.3, -0.25) is 4.90 Å². The molecule has 0 amide bonds. The highest BCUT2D eigenvalue weighted by molar-refractivity contribution is 5.88. The van der Waals surface area contributed by atoms with E-state index in [0.29, 0.717) is 0 Å². The molecule has 3 aromatic rings. The van der Waals surface area contributed by atoms with Crippen LogP contribution in [0.3, 0.4) is 0 Å². The lowest BCUT2D eigenvalue weighted by atomic mass is 10.0. The maximum Gasteiger partial charge on any atom is 0.138 e. The molecule has 1 aliphatic rings. The van der Waals surface area contributed by atoms with Crippen molar-refractivity contribution in [2.45, 2.75) is 6.54 Å². The lowest BCUT2D eigenvalue weighted by Crippen LogP contribution is -2.35. The second kappa shape index (κ2) is 6.63. The summed E-state index contributed by atoms with van der Waals surface area (Å²) >= 11 is 0. The summed E-state index contributed by atoms with van der Waals surface area (Å²) in [5.41, 5.74) is 4.52. The number of morpholine rings is 1. The van der Waals surface area contributed by atoms with Crippen molar-refractivity contribution in [2.75, 3.05) is 33.4 Å². The summed E-state index contributed by atoms with van der Waals surface area (Å²) < 4.78 is 10.7. The monoisotopic (exact) mass is 323 g/mol. The fraction of sp³-hybridized carbons (Fsp3) is 0.316. The number of pyridine rings is 1. The molecule has 0 saturated carbocycles. The SMILES string of the molecule is COc1ccc(-c2[nH]c3ncccc3c2CN2CCOCC2)cc1. The van der Waals surface area contributed by atoms with Crippen LogP contribution < -0.4 is 4.74 Å². The molecule has 4 rings (SSSR count). The second-order valence-electron chi connectivity index (χ2n) is 6.00. The maximum atomic E-state index is 5.47. The number of hydrogen-bond donors (Lipinski definition) is 1. The number of hydrogen-bond acceptors (Lipinski definition) is 4. The summed E-state index contributed by atoms with van der Waals surface area (Å²) in [7, 11) is 1.69. The van der Waals surface area contributed by atoms with E-state index in [2.05, 4.69) is 33.1 Å². The Bertz CT molecular complexity index is 820. The number of nitrogens with one attached hydrogen (secondary N) is 1. The molecule has 0 bridgehead atoms. The van der Waals surface area contributed by atoms with E-state index in [1.54, 1.807) is 7.11 Å². The molecule has 5 nitrogen and oxygen atoms in total. The molecular weight excluding hydrogens is 302 g/mol. The van der Waals surface area contributed by atoms with Gasteiger partial charge in [0.15, 0.2) is 0 Å². The van der Waals surface area contributed by atoms with Gasteiger partial charge in [-0.15, -0.1) is 0 Å². The van der Waals surface area contributed by atoms with Crippen LogP contribution in [0.1, 0.15) is 5.56 Å². The number of methoxy groups -OCH3 is 1. The Labute approximate surface area is 141 Å². The first-order chi connectivity index (χ1) is 11.8. The fourth-order valence-electron chi connectivity index (χ4n) is 3.23. The summed E-state index contributed by atoms with van der Waals surface area (Å²) in [5.74, 6) is 0.864. The van der Waals surface area contributed by atoms with E-state index in [4.69, 9.17) is 9.47 Å². The van der Waals surface area contributed by atoms with E-state index in [9.17, 15) is 0 Å². The van der Waals surface area contributed by atoms with Gasteiger partial charge in [-0.25, -0.2) is 4.98 Å². The number of aromatic amines is 1. The smallest absolute Gasteiger partial charge is 0.138 e. The van der Waals surface area contributed by atoms with Crippen molar-refractivity contribution in [1.29, 1.82) is 0 Å². The summed E-state index contributed by atoms with van der Waals surface area (Å²) in [4.78, 5) is 10.4. The highest BCUT2D eigenvalue weighted by atomic mass is 16.5. The van der Waals surface area contributed by atoms with Gasteiger partial charge >= 0.3 is 0 Å². The Morgan fingerprint density at radius 1 is 1.17 bits per heavy atom. The average molecular weight is 323 g/mol. The summed E-state index contributed by atoms with van der Waals surface area (Å²) in [5, 5.41) is 1.19. The molecule has 0 atom stereocenters. The highest BCUT2D eigenvalue weighted by Gasteiger charge is 2.18. The highest BCUT2D eigenvalue weighted by Crippen LogP contribution is 2.31. The number of ether oxygens (including phenoxy) is 2. The second-order valence-corrected chi connectivity index (χ2v) is 6.00. The van der Waals surface area contributed by atoms with Crippen molar-refractivity contribution in [3.8, 4) is 17.0 Å². The van der Waals surface area contributed by atoms with Gasteiger partial charge in [-0.2, -0.15) is 0 Å². The van der Waals surface area contributed by atoms with Crippen LogP contribution in [-0.2, 0) is 11.3 Å². The number of nitrogens with zero attached hydrogens (tertiary/aromatic N) is 2. The molecule has 1 aliphatic heterocycles. The van der Waals surface area contributed by atoms with Crippen LogP contribution in [-0.4, -0.2) is 48.3 Å². The van der Waals surface area contributed by atoms with Crippen molar-refractivity contribution >= 4 is 11.0 Å². The zero-order valence-electron chi connectivity index (χ0n) is 13.8. The molecule has 1 N–H and O–H groups in total. The minimum Gasteiger partial charge on any atom is -0.497 e. The lowest BCUT2D eigenvalue weighted by molar-refractivity contribution is 0.0344. The van der Waals surface area contributed by atoms with E-state index in [1.807, 2.05) is 24.4 Å². The minimum atomic E-state index is 0.804. The largest absolute Gasteiger partial charge is 0.497 e. The third kappa shape index (κ3) is 2.88. The topological polar surface area (TPSA) is 50.4 Å². The lowest BCUT2D eigenvalue weighted by Gasteiger charge is -2.26. The Balaban J connectivity index is 1.76. The van der Waals surface area contributed by atoms with Crippen molar-refractivity contribution in [1.82, 2.24) is 14.9 Å². The molecule has 0 spiro atoms. The first-order valence-corrected chi connectivity index (χ1v) is 8.25. The Morgan fingerprint density at radius 2 is 1.96 bits per heavy atom. The van der Waals surface area contributed by atoms with Crippen LogP contribution >= 0.6 is 0 Å². The van der Waals surface area contributed by atoms with Crippen LogP contribution in [0, 0.1) is 0 Å². The number of aromatic nitrogens is 2. The van der Waals surface area contributed by atoms with E-state index < -0.39 is 0 Å². The number of H-pyrrole nitrogens is 1. The van der Waals surface area contributed by atoms with E-state index in [1.165, 1.54) is 10.9 Å². The molecule has 3 heterocycles. The number of benzene rings is 1. The van der Waals surface area contributed by atoms with Crippen molar-refractivity contribution in [2.24, 2.45) is 0 Å². The van der Waals surface area contributed by atoms with Gasteiger partial charge in [-0.05, 0) is 42.0 Å². The minimum absolute atomic E-state index is 0.804. The molecule has 2 aromatic heterocycles. The number of fused-ring (bicyclic) bond motifs is 1. The predicted molar refractivity (Wildman–Crippen MR) is 94.2 cm³/mol. The molecule has 124 valence electrons. The summed E-state index contributed by atoms with van der Waals surface area (Å²) in [6, 6.07) is 12.3. The first-order valence-electron chi connectivity index (χ1n) is 8.25. The number of rotatable bonds is 4. The van der Waals surface area contributed by atoms with Gasteiger partial charge in [0.25, 0.3) is 0 Å². The van der Waals surface area contributed by atoms with Crippen LogP contribution in [0.15, 0.2) is 42.6 Å². The van der Waals surface area contributed by atoms with Gasteiger partial charge in [0.05, 0.1) is 26.0 Å². The molecule has 1 aromatic carbocycles. The predicted octanol–water partition coefficient (Wildman–Crippen LogP) is 3.07. The van der Waals surface area contributed by atoms with Crippen LogP contribution in [0.2, 0.25) is 0 Å². The fourth-order valence-corrected chi connectivity index (χ4v) is 3.23. The van der Waals surface area contributed by atoms with Crippen molar-refractivity contribution in [3.05, 3.63) is 48.2 Å². The Kier molecular flexibility index (Phi) is 4.19. The molecule has 0 radical (unpaired) electrons. The van der Waals surface area contributed by atoms with Gasteiger partial charge < -0.3 is 14.5 Å². The third-order valence-electron chi connectivity index (χ3n) is 4.54. The molecule has 1 saturated heterocycles. The summed E-state index contributed by atoms with van der Waals surface area (Å²) in [6.45, 7) is 4.44. The molecule has 1 fully saturated rings. The Hall–Kier alpha value is -2.37. The van der Waals surface area contributed by atoms with Crippen LogP contribution in [0.5, 0.6) is 5.75 Å². The van der Waals surface area contributed by atoms with E-state index in [-0.39, 0.29) is 0 Å². The third-order valence-corrected chi connectivity index (χ3v) is 4.54. The quantitative estimate of drug-likeness (QED) is 0.802. The van der Waals surface area contributed by atoms with Gasteiger partial charge in [0, 0.05) is 36.8 Å². The van der Waals surface area contributed by atoms with Crippen LogP contribution in [0.4, 0.5) is 0 Å². The maximum absolute atomic E-state index is 5.47. The van der Waals surface area contributed by atoms with Gasteiger partial charge in [0.1, 0.15) is 11.4 Å². The molecule has 24 heavy (non-hydrogen) atoms. The van der Waals surface area contributed by atoms with E-state index in [0.717, 1.165) is 55.5 Å². The standard InChI is InChI=1S/C19H21N3O2/c1-23-15-6-4-14(5-7-15)18-17(13-22-9-11-24-12-10-22)16-3-2-8-20-19(16)21-18/h2-8H,9-13H2,1H3,(H,20,21).